The second kappa shape index (κ2) is 5.21. The van der Waals surface area contributed by atoms with Crippen molar-refractivity contribution in [2.24, 2.45) is 0 Å². The van der Waals surface area contributed by atoms with Crippen molar-refractivity contribution in [3.63, 3.8) is 0 Å². The zero-order chi connectivity index (χ0) is 14.0. The summed E-state index contributed by atoms with van der Waals surface area (Å²) in [5, 5.41) is 1.58. The molecule has 0 saturated heterocycles. The molecule has 18 heavy (non-hydrogen) atoms. The summed E-state index contributed by atoms with van der Waals surface area (Å²) in [4.78, 5) is 12.3. The molecule has 8 heteroatoms. The Morgan fingerprint density at radius 3 is 2.22 bits per heavy atom. The third-order valence-electron chi connectivity index (χ3n) is 2.13. The average Bonchev–Trinajstić information content (AvgIpc) is 2.72. The van der Waals surface area contributed by atoms with Crippen molar-refractivity contribution in [2.45, 2.75) is 32.0 Å². The summed E-state index contributed by atoms with van der Waals surface area (Å²) in [6.45, 7) is 1.54. The van der Waals surface area contributed by atoms with Gasteiger partial charge in [-0.15, -0.1) is 11.3 Å². The quantitative estimate of drug-likeness (QED) is 0.847. The van der Waals surface area contributed by atoms with Crippen molar-refractivity contribution >= 4 is 17.2 Å². The lowest BCUT2D eigenvalue weighted by molar-refractivity contribution is -0.269. The first-order chi connectivity index (χ1) is 8.18. The Hall–Kier alpha value is -1.18. The minimum Gasteiger partial charge on any atom is -0.346 e. The average molecular weight is 287 g/mol. The van der Waals surface area contributed by atoms with Gasteiger partial charge in [0.2, 0.25) is 0 Å². The van der Waals surface area contributed by atoms with Gasteiger partial charge in [-0.2, -0.15) is 22.0 Å². The van der Waals surface area contributed by atoms with Crippen LogP contribution >= 0.6 is 11.3 Å². The summed E-state index contributed by atoms with van der Waals surface area (Å²) < 4.78 is 60.7. The molecule has 2 nitrogen and oxygen atoms in total. The molecule has 0 radical (unpaired) electrons. The molecule has 1 aromatic rings. The lowest BCUT2D eigenvalue weighted by Crippen LogP contribution is -2.50. The third-order valence-corrected chi connectivity index (χ3v) is 3.36. The summed E-state index contributed by atoms with van der Waals surface area (Å²) in [5.74, 6) is -7.70. The van der Waals surface area contributed by atoms with Crippen molar-refractivity contribution in [1.82, 2.24) is 5.32 Å². The van der Waals surface area contributed by atoms with E-state index in [1.807, 2.05) is 6.92 Å². The molecule has 0 atom stereocenters. The van der Waals surface area contributed by atoms with Gasteiger partial charge in [0.1, 0.15) is 0 Å². The number of hydrogen-bond acceptors (Lipinski definition) is 2. The lowest BCUT2D eigenvalue weighted by Gasteiger charge is -2.18. The number of alkyl halides is 5. The summed E-state index contributed by atoms with van der Waals surface area (Å²) in [7, 11) is 0. The maximum absolute atomic E-state index is 12.6. The Bertz CT molecular complexity index is 426. The molecule has 0 saturated carbocycles. The van der Waals surface area contributed by atoms with Gasteiger partial charge in [0, 0.05) is 9.75 Å². The van der Waals surface area contributed by atoms with E-state index in [4.69, 9.17) is 0 Å². The molecule has 1 heterocycles. The molecule has 102 valence electrons. The van der Waals surface area contributed by atoms with Crippen molar-refractivity contribution in [3.8, 4) is 0 Å². The highest BCUT2D eigenvalue weighted by molar-refractivity contribution is 7.11. The van der Waals surface area contributed by atoms with Gasteiger partial charge in [0.25, 0.3) is 0 Å². The van der Waals surface area contributed by atoms with E-state index in [-0.39, 0.29) is 6.54 Å². The maximum Gasteiger partial charge on any atom is 0.463 e. The fourth-order valence-corrected chi connectivity index (χ4v) is 2.01. The smallest absolute Gasteiger partial charge is 0.346 e. The van der Waals surface area contributed by atoms with Crippen LogP contribution < -0.4 is 5.32 Å². The van der Waals surface area contributed by atoms with Crippen LogP contribution in [0.25, 0.3) is 0 Å². The maximum atomic E-state index is 12.6. The minimum atomic E-state index is -5.87. The number of carbonyl (C=O) groups excluding carboxylic acids is 1. The van der Waals surface area contributed by atoms with Crippen LogP contribution in [0, 0.1) is 0 Å². The zero-order valence-corrected chi connectivity index (χ0v) is 10.1. The summed E-state index contributed by atoms with van der Waals surface area (Å²) in [6, 6.07) is 3.31. The highest BCUT2D eigenvalue weighted by Crippen LogP contribution is 2.35. The van der Waals surface area contributed by atoms with E-state index in [0.717, 1.165) is 11.3 Å². The fourth-order valence-electron chi connectivity index (χ4n) is 1.11. The Morgan fingerprint density at radius 1 is 1.22 bits per heavy atom. The molecular formula is C10H10F5NOS. The molecular weight excluding hydrogens is 277 g/mol. The van der Waals surface area contributed by atoms with Gasteiger partial charge in [-0.25, -0.2) is 0 Å². The van der Waals surface area contributed by atoms with Gasteiger partial charge in [-0.05, 0) is 18.6 Å². The van der Waals surface area contributed by atoms with Crippen molar-refractivity contribution in [2.75, 3.05) is 0 Å². The molecule has 0 aliphatic heterocycles. The van der Waals surface area contributed by atoms with E-state index in [0.29, 0.717) is 4.88 Å². The molecule has 1 rings (SSSR count). The molecule has 0 bridgehead atoms. The first-order valence-corrected chi connectivity index (χ1v) is 5.80. The van der Waals surface area contributed by atoms with Gasteiger partial charge in [-0.3, -0.25) is 4.79 Å². The normalized spacial score (nSPS) is 12.6. The van der Waals surface area contributed by atoms with E-state index >= 15 is 0 Å². The number of rotatable bonds is 4. The lowest BCUT2D eigenvalue weighted by atomic mass is 10.3. The monoisotopic (exact) mass is 287 g/mol. The van der Waals surface area contributed by atoms with Crippen LogP contribution in [0.1, 0.15) is 16.7 Å². The zero-order valence-electron chi connectivity index (χ0n) is 9.28. The molecule has 0 fully saturated rings. The van der Waals surface area contributed by atoms with Crippen molar-refractivity contribution in [1.29, 1.82) is 0 Å². The van der Waals surface area contributed by atoms with E-state index < -0.39 is 18.0 Å². The number of hydrogen-bond donors (Lipinski definition) is 1. The minimum absolute atomic E-state index is 0.338. The van der Waals surface area contributed by atoms with Crippen LogP contribution in [0.5, 0.6) is 0 Å². The van der Waals surface area contributed by atoms with E-state index in [1.54, 1.807) is 17.4 Å². The van der Waals surface area contributed by atoms with Crippen LogP contribution in [0.4, 0.5) is 22.0 Å². The fraction of sp³-hybridized carbons (Fsp3) is 0.500. The molecule has 1 N–H and O–H groups in total. The molecule has 0 aliphatic carbocycles. The molecule has 1 amide bonds. The summed E-state index contributed by atoms with van der Waals surface area (Å²) in [5.41, 5.74) is 0. The number of aryl methyl sites for hydroxylation is 1. The van der Waals surface area contributed by atoms with Crippen LogP contribution in [0.2, 0.25) is 0 Å². The highest BCUT2D eigenvalue weighted by Gasteiger charge is 2.63. The number of carbonyl (C=O) groups is 1. The van der Waals surface area contributed by atoms with E-state index in [9.17, 15) is 26.7 Å². The van der Waals surface area contributed by atoms with E-state index in [1.165, 1.54) is 11.3 Å². The number of thiophene rings is 1. The second-order valence-electron chi connectivity index (χ2n) is 3.48. The molecule has 0 spiro atoms. The highest BCUT2D eigenvalue weighted by atomic mass is 32.1. The Balaban J connectivity index is 2.61. The Kier molecular flexibility index (Phi) is 4.31. The number of nitrogens with one attached hydrogen (secondary N) is 1. The molecule has 0 aliphatic rings. The number of amides is 1. The van der Waals surface area contributed by atoms with Crippen molar-refractivity contribution in [3.05, 3.63) is 21.9 Å². The third kappa shape index (κ3) is 3.18. The Morgan fingerprint density at radius 2 is 1.78 bits per heavy atom. The molecule has 1 aromatic heterocycles. The van der Waals surface area contributed by atoms with Crippen LogP contribution in [-0.4, -0.2) is 18.0 Å². The Labute approximate surface area is 104 Å². The van der Waals surface area contributed by atoms with Gasteiger partial charge in [-0.1, -0.05) is 6.92 Å². The van der Waals surface area contributed by atoms with Crippen LogP contribution in [0.3, 0.4) is 0 Å². The summed E-state index contributed by atoms with van der Waals surface area (Å²) >= 11 is 1.25. The van der Waals surface area contributed by atoms with Gasteiger partial charge >= 0.3 is 18.0 Å². The standard InChI is InChI=1S/C10H10F5NOS/c1-2-6-3-4-7(18-6)5-16-8(17)9(11,12)10(13,14)15/h3-4H,2,5H2,1H3,(H,16,17). The van der Waals surface area contributed by atoms with Gasteiger partial charge in [0.15, 0.2) is 0 Å². The van der Waals surface area contributed by atoms with Crippen molar-refractivity contribution < 1.29 is 26.7 Å². The molecule has 0 aromatic carbocycles. The predicted molar refractivity (Wildman–Crippen MR) is 56.5 cm³/mol. The summed E-state index contributed by atoms with van der Waals surface area (Å²) in [6.07, 6.45) is -5.14. The first-order valence-electron chi connectivity index (χ1n) is 4.99. The van der Waals surface area contributed by atoms with Crippen LogP contribution in [0.15, 0.2) is 12.1 Å². The number of halogens is 5. The van der Waals surface area contributed by atoms with Gasteiger partial charge in [0.05, 0.1) is 6.54 Å². The largest absolute Gasteiger partial charge is 0.463 e. The topological polar surface area (TPSA) is 29.1 Å². The first kappa shape index (κ1) is 14.9. The second-order valence-corrected chi connectivity index (χ2v) is 4.73. The van der Waals surface area contributed by atoms with E-state index in [2.05, 4.69) is 0 Å². The SMILES string of the molecule is CCc1ccc(CNC(=O)C(F)(F)C(F)(F)F)s1. The molecule has 0 unspecified atom stereocenters. The predicted octanol–water partition coefficient (Wildman–Crippen LogP) is 3.12. The van der Waals surface area contributed by atoms with Crippen LogP contribution in [-0.2, 0) is 17.8 Å². The van der Waals surface area contributed by atoms with Gasteiger partial charge < -0.3 is 5.32 Å².